The Kier molecular flexibility index (Phi) is 7.44. The Morgan fingerprint density at radius 2 is 1.89 bits per heavy atom. The Morgan fingerprint density at radius 3 is 2.48 bits per heavy atom. The fourth-order valence-corrected chi connectivity index (χ4v) is 3.97. The second kappa shape index (κ2) is 9.57. The Labute approximate surface area is 166 Å². The van der Waals surface area contributed by atoms with Gasteiger partial charge in [0.15, 0.2) is 0 Å². The van der Waals surface area contributed by atoms with Crippen molar-refractivity contribution in [2.24, 2.45) is 0 Å². The molecule has 1 amide bonds. The molecule has 2 atom stereocenters. The molecule has 4 nitrogen and oxygen atoms in total. The number of benzene rings is 1. The van der Waals surface area contributed by atoms with Crippen LogP contribution in [0.3, 0.4) is 0 Å². The Balaban J connectivity index is 2.05. The summed E-state index contributed by atoms with van der Waals surface area (Å²) in [4.78, 5) is 17.1. The van der Waals surface area contributed by atoms with E-state index in [0.29, 0.717) is 23.1 Å². The van der Waals surface area contributed by atoms with E-state index >= 15 is 0 Å². The molecule has 0 fully saturated rings. The number of thioether (sulfide) groups is 1. The highest BCUT2D eigenvalue weighted by Crippen LogP contribution is 2.29. The number of rotatable bonds is 7. The van der Waals surface area contributed by atoms with E-state index in [1.165, 1.54) is 17.3 Å². The first-order valence-corrected chi connectivity index (χ1v) is 10.1. The van der Waals surface area contributed by atoms with Crippen LogP contribution in [0.15, 0.2) is 35.4 Å². The first-order chi connectivity index (χ1) is 12.9. The molecule has 5 heteroatoms. The van der Waals surface area contributed by atoms with Crippen LogP contribution in [0.1, 0.15) is 54.1 Å². The maximum Gasteiger partial charge on any atom is 0.233 e. The lowest BCUT2D eigenvalue weighted by Gasteiger charge is -2.19. The summed E-state index contributed by atoms with van der Waals surface area (Å²) in [5, 5.41) is 12.9. The molecule has 2 aromatic rings. The van der Waals surface area contributed by atoms with E-state index < -0.39 is 0 Å². The van der Waals surface area contributed by atoms with E-state index in [9.17, 15) is 10.1 Å². The lowest BCUT2D eigenvalue weighted by Crippen LogP contribution is -2.34. The monoisotopic (exact) mass is 381 g/mol. The van der Waals surface area contributed by atoms with E-state index in [0.717, 1.165) is 23.2 Å². The third-order valence-corrected chi connectivity index (χ3v) is 6.11. The number of aromatic nitrogens is 1. The highest BCUT2D eigenvalue weighted by atomic mass is 32.2. The van der Waals surface area contributed by atoms with E-state index in [1.807, 2.05) is 45.9 Å². The molecular formula is C22H27N3OS. The van der Waals surface area contributed by atoms with Crippen LogP contribution in [0.4, 0.5) is 0 Å². The third kappa shape index (κ3) is 5.11. The highest BCUT2D eigenvalue weighted by molar-refractivity contribution is 8.00. The number of hydrogen-bond donors (Lipinski definition) is 1. The molecule has 0 spiro atoms. The van der Waals surface area contributed by atoms with E-state index in [2.05, 4.69) is 35.4 Å². The summed E-state index contributed by atoms with van der Waals surface area (Å²) in [7, 11) is 0. The summed E-state index contributed by atoms with van der Waals surface area (Å²) >= 11 is 1.35. The summed E-state index contributed by atoms with van der Waals surface area (Å²) in [5.41, 5.74) is 4.67. The fourth-order valence-electron chi connectivity index (χ4n) is 2.94. The average Bonchev–Trinajstić information content (AvgIpc) is 2.67. The van der Waals surface area contributed by atoms with Crippen molar-refractivity contribution in [1.82, 2.24) is 10.3 Å². The third-order valence-electron chi connectivity index (χ3n) is 5.02. The van der Waals surface area contributed by atoms with Crippen LogP contribution in [0.2, 0.25) is 0 Å². The van der Waals surface area contributed by atoms with Gasteiger partial charge in [0.2, 0.25) is 5.91 Å². The number of amides is 1. The van der Waals surface area contributed by atoms with Crippen molar-refractivity contribution in [3.8, 4) is 6.07 Å². The minimum absolute atomic E-state index is 0.0315. The number of aryl methyl sites for hydroxylation is 1. The predicted molar refractivity (Wildman–Crippen MR) is 111 cm³/mol. The molecule has 0 aliphatic carbocycles. The molecule has 1 heterocycles. The first kappa shape index (κ1) is 21.0. The molecule has 0 bridgehead atoms. The van der Waals surface area contributed by atoms with Crippen molar-refractivity contribution in [3.63, 3.8) is 0 Å². The van der Waals surface area contributed by atoms with Gasteiger partial charge < -0.3 is 5.32 Å². The van der Waals surface area contributed by atoms with Crippen molar-refractivity contribution in [1.29, 1.82) is 5.26 Å². The van der Waals surface area contributed by atoms with Crippen molar-refractivity contribution in [3.05, 3.63) is 58.3 Å². The van der Waals surface area contributed by atoms with Crippen LogP contribution in [0.5, 0.6) is 0 Å². The molecule has 1 N–H and O–H groups in total. The van der Waals surface area contributed by atoms with Gasteiger partial charge in [-0.25, -0.2) is 4.98 Å². The van der Waals surface area contributed by atoms with Gasteiger partial charge in [0.25, 0.3) is 0 Å². The Morgan fingerprint density at radius 1 is 1.22 bits per heavy atom. The molecule has 0 saturated carbocycles. The molecule has 1 aromatic carbocycles. The normalized spacial score (nSPS) is 12.9. The summed E-state index contributed by atoms with van der Waals surface area (Å²) < 4.78 is 0. The molecule has 27 heavy (non-hydrogen) atoms. The summed E-state index contributed by atoms with van der Waals surface area (Å²) in [6, 6.07) is 12.5. The van der Waals surface area contributed by atoms with E-state index in [4.69, 9.17) is 0 Å². The van der Waals surface area contributed by atoms with E-state index in [-0.39, 0.29) is 11.2 Å². The maximum absolute atomic E-state index is 12.6. The smallest absolute Gasteiger partial charge is 0.233 e. The molecule has 0 aliphatic rings. The minimum Gasteiger partial charge on any atom is -0.355 e. The minimum atomic E-state index is -0.320. The van der Waals surface area contributed by atoms with Gasteiger partial charge in [-0.15, -0.1) is 0 Å². The van der Waals surface area contributed by atoms with Crippen molar-refractivity contribution in [2.45, 2.75) is 57.2 Å². The van der Waals surface area contributed by atoms with Crippen molar-refractivity contribution in [2.75, 3.05) is 6.54 Å². The average molecular weight is 382 g/mol. The van der Waals surface area contributed by atoms with E-state index in [1.54, 1.807) is 0 Å². The number of hydrogen-bond acceptors (Lipinski definition) is 4. The zero-order chi connectivity index (χ0) is 20.0. The van der Waals surface area contributed by atoms with Gasteiger partial charge in [0.05, 0.1) is 10.8 Å². The number of carbonyl (C=O) groups is 1. The molecule has 0 aliphatic heterocycles. The van der Waals surface area contributed by atoms with Gasteiger partial charge >= 0.3 is 0 Å². The predicted octanol–water partition coefficient (Wildman–Crippen LogP) is 4.67. The Hall–Kier alpha value is -2.32. The van der Waals surface area contributed by atoms with Crippen LogP contribution in [-0.4, -0.2) is 22.7 Å². The van der Waals surface area contributed by atoms with Crippen LogP contribution < -0.4 is 5.32 Å². The van der Waals surface area contributed by atoms with Gasteiger partial charge in [0, 0.05) is 18.2 Å². The van der Waals surface area contributed by atoms with Crippen molar-refractivity contribution < 1.29 is 4.79 Å². The largest absolute Gasteiger partial charge is 0.355 e. The van der Waals surface area contributed by atoms with Crippen LogP contribution in [0, 0.1) is 32.1 Å². The first-order valence-electron chi connectivity index (χ1n) is 9.26. The van der Waals surface area contributed by atoms with Crippen LogP contribution in [0.25, 0.3) is 0 Å². The number of nitrogens with zero attached hydrogens (tertiary/aromatic N) is 2. The van der Waals surface area contributed by atoms with Gasteiger partial charge in [0.1, 0.15) is 11.1 Å². The molecule has 142 valence electrons. The zero-order valence-electron chi connectivity index (χ0n) is 16.7. The molecule has 0 unspecified atom stereocenters. The molecule has 0 saturated heterocycles. The van der Waals surface area contributed by atoms with Gasteiger partial charge in [-0.1, -0.05) is 49.0 Å². The SMILES string of the molecule is CC[C@@H](CNC(=O)[C@H](C)Sc1nc(C)c(C)c(C)c1C#N)c1ccccc1. The Bertz CT molecular complexity index is 843. The topological polar surface area (TPSA) is 65.8 Å². The second-order valence-electron chi connectivity index (χ2n) is 6.76. The molecule has 2 rings (SSSR count). The summed E-state index contributed by atoms with van der Waals surface area (Å²) in [6.45, 7) is 10.4. The number of nitriles is 1. The number of carbonyl (C=O) groups excluding carboxylic acids is 1. The quantitative estimate of drug-likeness (QED) is 0.708. The number of nitrogens with one attached hydrogen (secondary N) is 1. The summed E-state index contributed by atoms with van der Waals surface area (Å²) in [5.74, 6) is 0.264. The maximum atomic E-state index is 12.6. The van der Waals surface area contributed by atoms with Gasteiger partial charge in [-0.05, 0) is 50.8 Å². The fraction of sp³-hybridized carbons (Fsp3) is 0.409. The molecular weight excluding hydrogens is 354 g/mol. The van der Waals surface area contributed by atoms with Crippen LogP contribution in [-0.2, 0) is 4.79 Å². The summed E-state index contributed by atoms with van der Waals surface area (Å²) in [6.07, 6.45) is 0.961. The van der Waals surface area contributed by atoms with Crippen LogP contribution >= 0.6 is 11.8 Å². The lowest BCUT2D eigenvalue weighted by molar-refractivity contribution is -0.120. The van der Waals surface area contributed by atoms with Gasteiger partial charge in [-0.2, -0.15) is 5.26 Å². The highest BCUT2D eigenvalue weighted by Gasteiger charge is 2.21. The van der Waals surface area contributed by atoms with Crippen molar-refractivity contribution >= 4 is 17.7 Å². The molecule has 0 radical (unpaired) electrons. The van der Waals surface area contributed by atoms with Gasteiger partial charge in [-0.3, -0.25) is 4.79 Å². The molecule has 1 aromatic heterocycles. The number of pyridine rings is 1. The lowest BCUT2D eigenvalue weighted by atomic mass is 9.96. The standard InChI is InChI=1S/C22H27N3OS/c1-6-18(19-10-8-7-9-11-19)13-24-21(26)17(5)27-22-20(12-23)15(3)14(2)16(4)25-22/h7-11,17-18H,6,13H2,1-5H3,(H,24,26)/t17-,18-/m0/s1. The second-order valence-corrected chi connectivity index (χ2v) is 8.09. The zero-order valence-corrected chi connectivity index (χ0v) is 17.5.